The predicted molar refractivity (Wildman–Crippen MR) is 51.2 cm³/mol. The predicted octanol–water partition coefficient (Wildman–Crippen LogP) is 2.02. The molecule has 0 aliphatic carbocycles. The maximum Gasteiger partial charge on any atom is 0.469 e. The van der Waals surface area contributed by atoms with Gasteiger partial charge in [-0.1, -0.05) is 27.7 Å². The molecular weight excluding hydrogens is 191 g/mol. The van der Waals surface area contributed by atoms with Crippen LogP contribution in [0.4, 0.5) is 0 Å². The molecule has 0 amide bonds. The van der Waals surface area contributed by atoms with Crippen molar-refractivity contribution in [1.29, 1.82) is 0 Å². The van der Waals surface area contributed by atoms with Crippen molar-refractivity contribution in [3.05, 3.63) is 0 Å². The van der Waals surface area contributed by atoms with Crippen LogP contribution in [0.2, 0.25) is 0 Å². The smallest absolute Gasteiger partial charge is 0.303 e. The Balaban J connectivity index is 3.88. The fourth-order valence-electron chi connectivity index (χ4n) is 1.02. The van der Waals surface area contributed by atoms with E-state index in [4.69, 9.17) is 9.79 Å². The van der Waals surface area contributed by atoms with Crippen LogP contribution in [-0.2, 0) is 9.09 Å². The summed E-state index contributed by atoms with van der Waals surface area (Å²) in [7, 11) is -4.29. The standard InChI is InChI=1S/C8H19O4P/c1-6(2)8(4)7(3)5-12-13(9,10)11/h6-8H,5H2,1-4H3,(H2,9,10,11). The third-order valence-electron chi connectivity index (χ3n) is 2.45. The summed E-state index contributed by atoms with van der Waals surface area (Å²) in [6.45, 7) is 8.26. The average Bonchev–Trinajstić information content (AvgIpc) is 1.97. The van der Waals surface area contributed by atoms with Gasteiger partial charge in [0.1, 0.15) is 0 Å². The van der Waals surface area contributed by atoms with Crippen molar-refractivity contribution in [3.8, 4) is 0 Å². The van der Waals surface area contributed by atoms with Gasteiger partial charge in [0.05, 0.1) is 6.61 Å². The lowest BCUT2D eigenvalue weighted by atomic mass is 9.87. The number of hydrogen-bond acceptors (Lipinski definition) is 2. The molecule has 0 aromatic rings. The van der Waals surface area contributed by atoms with Crippen LogP contribution in [0.3, 0.4) is 0 Å². The Labute approximate surface area is 79.5 Å². The third-order valence-corrected chi connectivity index (χ3v) is 2.94. The molecule has 2 atom stereocenters. The van der Waals surface area contributed by atoms with E-state index in [-0.39, 0.29) is 12.5 Å². The number of hydrogen-bond donors (Lipinski definition) is 2. The summed E-state index contributed by atoms with van der Waals surface area (Å²) in [6, 6.07) is 0. The minimum atomic E-state index is -4.29. The van der Waals surface area contributed by atoms with E-state index in [2.05, 4.69) is 25.3 Å². The van der Waals surface area contributed by atoms with Crippen LogP contribution in [0.1, 0.15) is 27.7 Å². The largest absolute Gasteiger partial charge is 0.469 e. The molecule has 5 heteroatoms. The molecule has 0 rings (SSSR count). The summed E-state index contributed by atoms with van der Waals surface area (Å²) in [5, 5.41) is 0. The van der Waals surface area contributed by atoms with Crippen molar-refractivity contribution in [2.45, 2.75) is 27.7 Å². The molecule has 0 heterocycles. The number of phosphoric acid groups is 1. The lowest BCUT2D eigenvalue weighted by Gasteiger charge is -2.23. The van der Waals surface area contributed by atoms with Gasteiger partial charge in [-0.2, -0.15) is 0 Å². The van der Waals surface area contributed by atoms with Gasteiger partial charge in [0, 0.05) is 0 Å². The van der Waals surface area contributed by atoms with Crippen LogP contribution >= 0.6 is 7.82 Å². The van der Waals surface area contributed by atoms with Crippen molar-refractivity contribution in [1.82, 2.24) is 0 Å². The molecule has 13 heavy (non-hydrogen) atoms. The van der Waals surface area contributed by atoms with E-state index in [0.29, 0.717) is 11.8 Å². The van der Waals surface area contributed by atoms with E-state index in [1.165, 1.54) is 0 Å². The van der Waals surface area contributed by atoms with Crippen molar-refractivity contribution < 1.29 is 18.9 Å². The highest BCUT2D eigenvalue weighted by atomic mass is 31.2. The molecule has 0 aromatic carbocycles. The Hall–Kier alpha value is 0.110. The van der Waals surface area contributed by atoms with Gasteiger partial charge in [0.2, 0.25) is 0 Å². The molecule has 80 valence electrons. The van der Waals surface area contributed by atoms with Crippen LogP contribution in [-0.4, -0.2) is 16.4 Å². The van der Waals surface area contributed by atoms with E-state index in [1.54, 1.807) is 0 Å². The zero-order valence-corrected chi connectivity index (χ0v) is 9.49. The number of phosphoric ester groups is 1. The summed E-state index contributed by atoms with van der Waals surface area (Å²) < 4.78 is 14.8. The second-order valence-corrected chi connectivity index (χ2v) is 5.11. The summed E-state index contributed by atoms with van der Waals surface area (Å²) in [5.41, 5.74) is 0. The molecule has 0 radical (unpaired) electrons. The van der Waals surface area contributed by atoms with Gasteiger partial charge in [-0.3, -0.25) is 4.52 Å². The molecule has 0 bridgehead atoms. The van der Waals surface area contributed by atoms with Gasteiger partial charge in [-0.25, -0.2) is 4.57 Å². The third kappa shape index (κ3) is 6.22. The van der Waals surface area contributed by atoms with Crippen LogP contribution in [0.25, 0.3) is 0 Å². The summed E-state index contributed by atoms with van der Waals surface area (Å²) in [6.07, 6.45) is 0. The Morgan fingerprint density at radius 2 is 1.69 bits per heavy atom. The maximum atomic E-state index is 10.4. The molecule has 0 aliphatic rings. The summed E-state index contributed by atoms with van der Waals surface area (Å²) in [4.78, 5) is 17.0. The monoisotopic (exact) mass is 210 g/mol. The highest BCUT2D eigenvalue weighted by Crippen LogP contribution is 2.37. The van der Waals surface area contributed by atoms with E-state index < -0.39 is 7.82 Å². The topological polar surface area (TPSA) is 66.8 Å². The van der Waals surface area contributed by atoms with Gasteiger partial charge in [0.15, 0.2) is 0 Å². The molecule has 0 fully saturated rings. The van der Waals surface area contributed by atoms with Crippen molar-refractivity contribution in [3.63, 3.8) is 0 Å². The molecule has 0 aliphatic heterocycles. The van der Waals surface area contributed by atoms with Crippen LogP contribution in [0.15, 0.2) is 0 Å². The zero-order valence-electron chi connectivity index (χ0n) is 8.60. The molecule has 2 unspecified atom stereocenters. The Bertz CT molecular complexity index is 187. The summed E-state index contributed by atoms with van der Waals surface area (Å²) in [5.74, 6) is 1.05. The fraction of sp³-hybridized carbons (Fsp3) is 1.00. The van der Waals surface area contributed by atoms with Crippen LogP contribution in [0, 0.1) is 17.8 Å². The van der Waals surface area contributed by atoms with E-state index in [0.717, 1.165) is 0 Å². The normalized spacial score (nSPS) is 17.5. The van der Waals surface area contributed by atoms with E-state index >= 15 is 0 Å². The Kier molecular flexibility index (Phi) is 5.15. The molecule has 0 spiro atoms. The van der Waals surface area contributed by atoms with Crippen LogP contribution in [0.5, 0.6) is 0 Å². The molecule has 0 saturated carbocycles. The first-order valence-corrected chi connectivity index (χ1v) is 5.97. The highest BCUT2D eigenvalue weighted by molar-refractivity contribution is 7.46. The molecule has 0 saturated heterocycles. The zero-order chi connectivity index (χ0) is 10.6. The van der Waals surface area contributed by atoms with Crippen LogP contribution < -0.4 is 0 Å². The summed E-state index contributed by atoms with van der Waals surface area (Å²) >= 11 is 0. The Morgan fingerprint density at radius 3 is 2.00 bits per heavy atom. The Morgan fingerprint density at radius 1 is 1.23 bits per heavy atom. The highest BCUT2D eigenvalue weighted by Gasteiger charge is 2.20. The van der Waals surface area contributed by atoms with Crippen molar-refractivity contribution in [2.75, 3.05) is 6.61 Å². The molecular formula is C8H19O4P. The van der Waals surface area contributed by atoms with Gasteiger partial charge < -0.3 is 9.79 Å². The van der Waals surface area contributed by atoms with Crippen molar-refractivity contribution in [2.24, 2.45) is 17.8 Å². The minimum Gasteiger partial charge on any atom is -0.303 e. The fourth-order valence-corrected chi connectivity index (χ4v) is 1.45. The molecule has 0 aromatic heterocycles. The average molecular weight is 210 g/mol. The quantitative estimate of drug-likeness (QED) is 0.681. The molecule has 4 nitrogen and oxygen atoms in total. The van der Waals surface area contributed by atoms with E-state index in [1.807, 2.05) is 6.92 Å². The van der Waals surface area contributed by atoms with Crippen molar-refractivity contribution >= 4 is 7.82 Å². The first-order valence-electron chi connectivity index (χ1n) is 4.44. The van der Waals surface area contributed by atoms with Gasteiger partial charge >= 0.3 is 7.82 Å². The van der Waals surface area contributed by atoms with Gasteiger partial charge in [-0.05, 0) is 17.8 Å². The van der Waals surface area contributed by atoms with Gasteiger partial charge in [-0.15, -0.1) is 0 Å². The van der Waals surface area contributed by atoms with Gasteiger partial charge in [0.25, 0.3) is 0 Å². The molecule has 2 N–H and O–H groups in total. The second kappa shape index (κ2) is 5.11. The van der Waals surface area contributed by atoms with E-state index in [9.17, 15) is 4.57 Å². The number of rotatable bonds is 5. The lowest BCUT2D eigenvalue weighted by molar-refractivity contribution is 0.139. The second-order valence-electron chi connectivity index (χ2n) is 3.87. The SMILES string of the molecule is CC(C)C(C)C(C)COP(=O)(O)O. The minimum absolute atomic E-state index is 0.115. The first-order chi connectivity index (χ1) is 5.74. The lowest BCUT2D eigenvalue weighted by Crippen LogP contribution is -2.18. The maximum absolute atomic E-state index is 10.4. The first kappa shape index (κ1) is 13.1.